The van der Waals surface area contributed by atoms with Crippen LogP contribution in [0.5, 0.6) is 5.75 Å². The molecule has 1 aliphatic rings. The standard InChI is InChI=1S/C25H15Cl4N3O6/c1-38-18-10-16(15(27)9-13(18)25(36)37)31-22(33)11-4-2-5-12(8-11)30-21-20(29)23(34)32(24(21)35)17-7-3-6-14(26)19(17)28/h2-10,30H,1H3,(H,31,33)(H,36,37)/p-1. The summed E-state index contributed by atoms with van der Waals surface area (Å²) in [6, 6.07) is 12.8. The highest BCUT2D eigenvalue weighted by molar-refractivity contribution is 6.54. The van der Waals surface area contributed by atoms with Gasteiger partial charge < -0.3 is 25.3 Å². The monoisotopic (exact) mass is 592 g/mol. The summed E-state index contributed by atoms with van der Waals surface area (Å²) < 4.78 is 5.03. The Morgan fingerprint density at radius 3 is 2.32 bits per heavy atom. The quantitative estimate of drug-likeness (QED) is 0.380. The van der Waals surface area contributed by atoms with Gasteiger partial charge in [-0.3, -0.25) is 14.4 Å². The molecule has 194 valence electrons. The van der Waals surface area contributed by atoms with Gasteiger partial charge in [0.15, 0.2) is 0 Å². The minimum absolute atomic E-state index is 0.00296. The lowest BCUT2D eigenvalue weighted by Crippen LogP contribution is -2.32. The van der Waals surface area contributed by atoms with Crippen LogP contribution < -0.4 is 25.4 Å². The summed E-state index contributed by atoms with van der Waals surface area (Å²) in [7, 11) is 1.26. The van der Waals surface area contributed by atoms with E-state index in [0.29, 0.717) is 0 Å². The molecule has 4 rings (SSSR count). The molecule has 1 heterocycles. The molecule has 9 nitrogen and oxygen atoms in total. The summed E-state index contributed by atoms with van der Waals surface area (Å²) >= 11 is 24.5. The van der Waals surface area contributed by atoms with Crippen LogP contribution in [0, 0.1) is 0 Å². The highest BCUT2D eigenvalue weighted by Crippen LogP contribution is 2.37. The molecule has 0 atom stereocenters. The molecule has 0 unspecified atom stereocenters. The molecule has 3 aromatic rings. The number of hydrogen-bond acceptors (Lipinski definition) is 7. The minimum atomic E-state index is -1.50. The van der Waals surface area contributed by atoms with Crippen LogP contribution in [-0.2, 0) is 9.59 Å². The molecule has 3 amide bonds. The van der Waals surface area contributed by atoms with Crippen molar-refractivity contribution in [1.82, 2.24) is 0 Å². The number of benzene rings is 3. The van der Waals surface area contributed by atoms with Crippen molar-refractivity contribution in [1.29, 1.82) is 0 Å². The average Bonchev–Trinajstić information content (AvgIpc) is 3.09. The Morgan fingerprint density at radius 2 is 1.63 bits per heavy atom. The van der Waals surface area contributed by atoms with Gasteiger partial charge in [-0.25, -0.2) is 4.90 Å². The summed E-state index contributed by atoms with van der Waals surface area (Å²) in [6.07, 6.45) is 0. The number of nitrogens with one attached hydrogen (secondary N) is 2. The van der Waals surface area contributed by atoms with Crippen molar-refractivity contribution in [2.24, 2.45) is 0 Å². The van der Waals surface area contributed by atoms with Gasteiger partial charge in [-0.05, 0) is 36.4 Å². The molecule has 3 aromatic carbocycles. The maximum Gasteiger partial charge on any atom is 0.283 e. The number of rotatable bonds is 7. The van der Waals surface area contributed by atoms with E-state index in [0.717, 1.165) is 11.0 Å². The first-order valence-corrected chi connectivity index (χ1v) is 12.0. The number of hydrogen-bond donors (Lipinski definition) is 2. The van der Waals surface area contributed by atoms with E-state index in [2.05, 4.69) is 10.6 Å². The third kappa shape index (κ3) is 5.14. The second-order valence-electron chi connectivity index (χ2n) is 7.69. The van der Waals surface area contributed by atoms with Crippen molar-refractivity contribution in [3.63, 3.8) is 0 Å². The molecule has 0 saturated carbocycles. The molecule has 0 saturated heterocycles. The second kappa shape index (κ2) is 10.9. The van der Waals surface area contributed by atoms with E-state index in [1.165, 1.54) is 49.6 Å². The predicted octanol–water partition coefficient (Wildman–Crippen LogP) is 4.71. The number of carboxylic acid groups (broad SMARTS) is 1. The predicted molar refractivity (Wildman–Crippen MR) is 142 cm³/mol. The van der Waals surface area contributed by atoms with Crippen molar-refractivity contribution in [2.45, 2.75) is 0 Å². The van der Waals surface area contributed by atoms with Crippen LogP contribution in [0.4, 0.5) is 17.1 Å². The van der Waals surface area contributed by atoms with Gasteiger partial charge in [-0.15, -0.1) is 0 Å². The van der Waals surface area contributed by atoms with Gasteiger partial charge in [0.1, 0.15) is 16.5 Å². The lowest BCUT2D eigenvalue weighted by Gasteiger charge is -2.17. The van der Waals surface area contributed by atoms with Crippen molar-refractivity contribution >= 4 is 87.2 Å². The zero-order valence-electron chi connectivity index (χ0n) is 19.1. The molecule has 38 heavy (non-hydrogen) atoms. The third-order valence-electron chi connectivity index (χ3n) is 5.35. The maximum absolute atomic E-state index is 13.1. The molecule has 0 radical (unpaired) electrons. The molecule has 0 bridgehead atoms. The van der Waals surface area contributed by atoms with Gasteiger partial charge in [0.05, 0.1) is 39.5 Å². The summed E-state index contributed by atoms with van der Waals surface area (Å²) in [5, 5.41) is 16.3. The fourth-order valence-electron chi connectivity index (χ4n) is 3.55. The topological polar surface area (TPSA) is 128 Å². The number of imide groups is 1. The van der Waals surface area contributed by atoms with E-state index in [1.807, 2.05) is 0 Å². The van der Waals surface area contributed by atoms with Crippen LogP contribution in [0.3, 0.4) is 0 Å². The minimum Gasteiger partial charge on any atom is -0.545 e. The number of aromatic carboxylic acids is 1. The fourth-order valence-corrected chi connectivity index (χ4v) is 4.35. The maximum atomic E-state index is 13.1. The lowest BCUT2D eigenvalue weighted by molar-refractivity contribution is -0.255. The summed E-state index contributed by atoms with van der Waals surface area (Å²) in [5.74, 6) is -3.74. The first-order chi connectivity index (χ1) is 18.0. The Kier molecular flexibility index (Phi) is 7.84. The number of ether oxygens (including phenoxy) is 1. The van der Waals surface area contributed by atoms with E-state index < -0.39 is 23.7 Å². The van der Waals surface area contributed by atoms with E-state index in [9.17, 15) is 24.3 Å². The number of methoxy groups -OCH3 is 1. The highest BCUT2D eigenvalue weighted by Gasteiger charge is 2.40. The van der Waals surface area contributed by atoms with Gasteiger partial charge in [0.25, 0.3) is 17.7 Å². The molecule has 0 aromatic heterocycles. The first-order valence-electron chi connectivity index (χ1n) is 10.5. The first kappa shape index (κ1) is 27.3. The molecular weight excluding hydrogens is 580 g/mol. The Morgan fingerprint density at radius 1 is 0.921 bits per heavy atom. The Bertz CT molecular complexity index is 1560. The van der Waals surface area contributed by atoms with E-state index in [1.54, 1.807) is 6.07 Å². The fraction of sp³-hybridized carbons (Fsp3) is 0.0400. The number of carbonyl (C=O) groups excluding carboxylic acids is 4. The van der Waals surface area contributed by atoms with E-state index in [-0.39, 0.29) is 59.7 Å². The number of carbonyl (C=O) groups is 4. The van der Waals surface area contributed by atoms with Crippen LogP contribution in [0.1, 0.15) is 20.7 Å². The van der Waals surface area contributed by atoms with Crippen LogP contribution in [0.2, 0.25) is 15.1 Å². The Labute approximate surface area is 235 Å². The number of anilines is 3. The lowest BCUT2D eigenvalue weighted by atomic mass is 10.1. The molecule has 0 aliphatic carbocycles. The van der Waals surface area contributed by atoms with Crippen LogP contribution in [0.15, 0.2) is 65.3 Å². The average molecular weight is 594 g/mol. The smallest absolute Gasteiger partial charge is 0.283 e. The molecule has 0 fully saturated rings. The number of nitrogens with zero attached hydrogens (tertiary/aromatic N) is 1. The Balaban J connectivity index is 1.57. The van der Waals surface area contributed by atoms with Crippen LogP contribution in [-0.4, -0.2) is 30.8 Å². The zero-order valence-corrected chi connectivity index (χ0v) is 22.1. The van der Waals surface area contributed by atoms with Crippen LogP contribution in [0.25, 0.3) is 0 Å². The summed E-state index contributed by atoms with van der Waals surface area (Å²) in [6.45, 7) is 0. The molecular formula is C25H14Cl4N3O6-. The third-order valence-corrected chi connectivity index (χ3v) is 6.82. The largest absolute Gasteiger partial charge is 0.545 e. The van der Waals surface area contributed by atoms with Crippen LogP contribution >= 0.6 is 46.4 Å². The number of halogens is 4. The van der Waals surface area contributed by atoms with Gasteiger partial charge in [0, 0.05) is 22.9 Å². The van der Waals surface area contributed by atoms with Gasteiger partial charge in [-0.1, -0.05) is 58.5 Å². The molecule has 2 N–H and O–H groups in total. The van der Waals surface area contributed by atoms with Crippen molar-refractivity contribution < 1.29 is 29.0 Å². The molecule has 1 aliphatic heterocycles. The normalized spacial score (nSPS) is 13.1. The van der Waals surface area contributed by atoms with Crippen molar-refractivity contribution in [3.8, 4) is 5.75 Å². The van der Waals surface area contributed by atoms with Gasteiger partial charge in [0.2, 0.25) is 0 Å². The zero-order chi connectivity index (χ0) is 27.7. The number of amides is 3. The summed E-state index contributed by atoms with van der Waals surface area (Å²) in [4.78, 5) is 50.8. The van der Waals surface area contributed by atoms with Gasteiger partial charge >= 0.3 is 0 Å². The van der Waals surface area contributed by atoms with Gasteiger partial charge in [-0.2, -0.15) is 0 Å². The number of carboxylic acids is 1. The highest BCUT2D eigenvalue weighted by atomic mass is 35.5. The van der Waals surface area contributed by atoms with Crippen molar-refractivity contribution in [3.05, 3.63) is 91.5 Å². The molecule has 13 heteroatoms. The Hall–Kier alpha value is -3.76. The summed E-state index contributed by atoms with van der Waals surface area (Å²) in [5.41, 5.74) is 0.0494. The molecule has 0 spiro atoms. The van der Waals surface area contributed by atoms with Crippen molar-refractivity contribution in [2.75, 3.05) is 22.6 Å². The van der Waals surface area contributed by atoms with E-state index in [4.69, 9.17) is 51.1 Å². The SMILES string of the molecule is COc1cc(NC(=O)c2cccc(NC3=C(Cl)C(=O)N(c4cccc(Cl)c4Cl)C3=O)c2)c(Cl)cc1C(=O)[O-]. The van der Waals surface area contributed by atoms with E-state index >= 15 is 0 Å². The second-order valence-corrected chi connectivity index (χ2v) is 9.26.